The molecular weight excluding hydrogens is 304 g/mol. The maximum Gasteiger partial charge on any atom is 0.337 e. The molecule has 2 rings (SSSR count). The van der Waals surface area contributed by atoms with E-state index in [1.807, 2.05) is 48.6 Å². The number of allylic oxidation sites excluding steroid dienone is 2. The molecule has 24 heavy (non-hydrogen) atoms. The number of hydrogen-bond acceptors (Lipinski definition) is 4. The van der Waals surface area contributed by atoms with Gasteiger partial charge < -0.3 is 13.9 Å². The summed E-state index contributed by atoms with van der Waals surface area (Å²) in [5.41, 5.74) is 1.53. The van der Waals surface area contributed by atoms with E-state index in [1.54, 1.807) is 18.2 Å². The molecule has 0 bridgehead atoms. The van der Waals surface area contributed by atoms with E-state index in [9.17, 15) is 4.79 Å². The molecule has 2 aromatic rings. The second-order valence-corrected chi connectivity index (χ2v) is 4.94. The van der Waals surface area contributed by atoms with Crippen molar-refractivity contribution in [2.45, 2.75) is 6.61 Å². The first-order valence-electron chi connectivity index (χ1n) is 7.53. The smallest absolute Gasteiger partial charge is 0.337 e. The molecule has 4 nitrogen and oxygen atoms in total. The Morgan fingerprint density at radius 2 is 1.88 bits per heavy atom. The molecule has 0 spiro atoms. The second-order valence-electron chi connectivity index (χ2n) is 4.94. The normalized spacial score (nSPS) is 11.2. The predicted molar refractivity (Wildman–Crippen MR) is 94.4 cm³/mol. The standard InChI is InChI=1S/C20H20O4/c1-3-14-23-15-19-13-12-18(24-19)7-5-4-6-16-8-10-17(11-9-16)20(21)22-2/h3-13H,1,14-15H2,2H3/b6-4+,7-5+. The molecule has 0 aliphatic heterocycles. The van der Waals surface area contributed by atoms with E-state index in [0.717, 1.165) is 17.1 Å². The van der Waals surface area contributed by atoms with Crippen LogP contribution in [0.3, 0.4) is 0 Å². The Morgan fingerprint density at radius 3 is 2.58 bits per heavy atom. The van der Waals surface area contributed by atoms with Crippen LogP contribution in [0.25, 0.3) is 12.2 Å². The van der Waals surface area contributed by atoms with Gasteiger partial charge in [-0.3, -0.25) is 0 Å². The van der Waals surface area contributed by atoms with Crippen LogP contribution in [0.5, 0.6) is 0 Å². The molecule has 1 heterocycles. The molecule has 0 radical (unpaired) electrons. The molecular formula is C20H20O4. The van der Waals surface area contributed by atoms with Crippen molar-refractivity contribution in [3.8, 4) is 0 Å². The quantitative estimate of drug-likeness (QED) is 0.310. The molecule has 0 aliphatic carbocycles. The van der Waals surface area contributed by atoms with Crippen LogP contribution in [-0.2, 0) is 16.1 Å². The minimum absolute atomic E-state index is 0.337. The van der Waals surface area contributed by atoms with Crippen molar-refractivity contribution in [2.24, 2.45) is 0 Å². The molecule has 1 aromatic heterocycles. The SMILES string of the molecule is C=CCOCc1ccc(/C=C/C=C/c2ccc(C(=O)OC)cc2)o1. The topological polar surface area (TPSA) is 48.7 Å². The van der Waals surface area contributed by atoms with Crippen LogP contribution in [0.1, 0.15) is 27.4 Å². The van der Waals surface area contributed by atoms with Gasteiger partial charge >= 0.3 is 5.97 Å². The third kappa shape index (κ3) is 5.41. The van der Waals surface area contributed by atoms with E-state index in [-0.39, 0.29) is 5.97 Å². The summed E-state index contributed by atoms with van der Waals surface area (Å²) in [6.45, 7) is 4.53. The summed E-state index contributed by atoms with van der Waals surface area (Å²) >= 11 is 0. The first kappa shape index (κ1) is 17.5. The largest absolute Gasteiger partial charge is 0.465 e. The van der Waals surface area contributed by atoms with E-state index < -0.39 is 0 Å². The van der Waals surface area contributed by atoms with Crippen molar-refractivity contribution < 1.29 is 18.7 Å². The number of carbonyl (C=O) groups is 1. The van der Waals surface area contributed by atoms with Crippen molar-refractivity contribution in [2.75, 3.05) is 13.7 Å². The van der Waals surface area contributed by atoms with Crippen LogP contribution in [0.2, 0.25) is 0 Å². The molecule has 0 saturated carbocycles. The van der Waals surface area contributed by atoms with Gasteiger partial charge in [0.25, 0.3) is 0 Å². The highest BCUT2D eigenvalue weighted by Crippen LogP contribution is 2.11. The van der Waals surface area contributed by atoms with Gasteiger partial charge in [0, 0.05) is 0 Å². The molecule has 0 N–H and O–H groups in total. The summed E-state index contributed by atoms with van der Waals surface area (Å²) in [6, 6.07) is 11.0. The van der Waals surface area contributed by atoms with Crippen molar-refractivity contribution in [1.82, 2.24) is 0 Å². The molecule has 0 aliphatic rings. The Hall–Kier alpha value is -2.85. The minimum atomic E-state index is -0.337. The number of carbonyl (C=O) groups excluding carboxylic acids is 1. The zero-order valence-corrected chi connectivity index (χ0v) is 13.6. The highest BCUT2D eigenvalue weighted by Gasteiger charge is 2.02. The lowest BCUT2D eigenvalue weighted by atomic mass is 10.1. The Bertz CT molecular complexity index is 720. The van der Waals surface area contributed by atoms with Crippen molar-refractivity contribution >= 4 is 18.1 Å². The van der Waals surface area contributed by atoms with Crippen LogP contribution in [0.15, 0.2) is 65.6 Å². The number of methoxy groups -OCH3 is 1. The first-order chi connectivity index (χ1) is 11.7. The summed E-state index contributed by atoms with van der Waals surface area (Å²) in [7, 11) is 1.37. The molecule has 0 atom stereocenters. The Kier molecular flexibility index (Phi) is 6.80. The lowest BCUT2D eigenvalue weighted by Crippen LogP contribution is -2.00. The second kappa shape index (κ2) is 9.33. The maximum absolute atomic E-state index is 11.4. The lowest BCUT2D eigenvalue weighted by Gasteiger charge is -1.98. The lowest BCUT2D eigenvalue weighted by molar-refractivity contribution is 0.0600. The summed E-state index contributed by atoms with van der Waals surface area (Å²) in [6.07, 6.45) is 9.31. The van der Waals surface area contributed by atoms with Crippen LogP contribution in [0, 0.1) is 0 Å². The summed E-state index contributed by atoms with van der Waals surface area (Å²) in [5, 5.41) is 0. The molecule has 0 fully saturated rings. The number of furan rings is 1. The highest BCUT2D eigenvalue weighted by molar-refractivity contribution is 5.89. The van der Waals surface area contributed by atoms with Gasteiger partial charge in [0.2, 0.25) is 0 Å². The number of rotatable bonds is 8. The van der Waals surface area contributed by atoms with Crippen molar-refractivity contribution in [3.63, 3.8) is 0 Å². The fourth-order valence-corrected chi connectivity index (χ4v) is 1.97. The van der Waals surface area contributed by atoms with Crippen LogP contribution >= 0.6 is 0 Å². The zero-order chi connectivity index (χ0) is 17.2. The molecule has 0 amide bonds. The molecule has 0 saturated heterocycles. The first-order valence-corrected chi connectivity index (χ1v) is 7.53. The van der Waals surface area contributed by atoms with E-state index in [4.69, 9.17) is 9.15 Å². The van der Waals surface area contributed by atoms with Gasteiger partial charge in [-0.15, -0.1) is 6.58 Å². The maximum atomic E-state index is 11.4. The van der Waals surface area contributed by atoms with Gasteiger partial charge in [0.05, 0.1) is 19.3 Å². The number of ether oxygens (including phenoxy) is 2. The van der Waals surface area contributed by atoms with Gasteiger partial charge in [-0.2, -0.15) is 0 Å². The van der Waals surface area contributed by atoms with E-state index in [2.05, 4.69) is 11.3 Å². The Labute approximate surface area is 141 Å². The Balaban J connectivity index is 1.87. The van der Waals surface area contributed by atoms with Crippen LogP contribution in [0.4, 0.5) is 0 Å². The summed E-state index contributed by atoms with van der Waals surface area (Å²) in [5.74, 6) is 1.20. The van der Waals surface area contributed by atoms with Crippen molar-refractivity contribution in [3.05, 3.63) is 83.9 Å². The average Bonchev–Trinajstić information content (AvgIpc) is 3.06. The van der Waals surface area contributed by atoms with Crippen LogP contribution in [-0.4, -0.2) is 19.7 Å². The fourth-order valence-electron chi connectivity index (χ4n) is 1.97. The average molecular weight is 324 g/mol. The van der Waals surface area contributed by atoms with Gasteiger partial charge in [-0.25, -0.2) is 4.79 Å². The van der Waals surface area contributed by atoms with Gasteiger partial charge in [-0.05, 0) is 35.9 Å². The van der Waals surface area contributed by atoms with Gasteiger partial charge in [0.1, 0.15) is 18.1 Å². The highest BCUT2D eigenvalue weighted by atomic mass is 16.5. The fraction of sp³-hybridized carbons (Fsp3) is 0.150. The predicted octanol–water partition coefficient (Wildman–Crippen LogP) is 4.50. The van der Waals surface area contributed by atoms with E-state index in [1.165, 1.54) is 7.11 Å². The van der Waals surface area contributed by atoms with Gasteiger partial charge in [0.15, 0.2) is 0 Å². The third-order valence-electron chi connectivity index (χ3n) is 3.15. The zero-order valence-electron chi connectivity index (χ0n) is 13.6. The molecule has 1 aromatic carbocycles. The Morgan fingerprint density at radius 1 is 1.12 bits per heavy atom. The summed E-state index contributed by atoms with van der Waals surface area (Å²) < 4.78 is 15.6. The monoisotopic (exact) mass is 324 g/mol. The van der Waals surface area contributed by atoms with E-state index >= 15 is 0 Å². The van der Waals surface area contributed by atoms with Crippen molar-refractivity contribution in [1.29, 1.82) is 0 Å². The number of esters is 1. The van der Waals surface area contributed by atoms with Gasteiger partial charge in [-0.1, -0.05) is 36.4 Å². The molecule has 124 valence electrons. The molecule has 0 unspecified atom stereocenters. The number of benzene rings is 1. The van der Waals surface area contributed by atoms with E-state index in [0.29, 0.717) is 18.8 Å². The van der Waals surface area contributed by atoms with Crippen LogP contribution < -0.4 is 0 Å². The third-order valence-corrected chi connectivity index (χ3v) is 3.15. The summed E-state index contributed by atoms with van der Waals surface area (Å²) in [4.78, 5) is 11.4. The minimum Gasteiger partial charge on any atom is -0.465 e. The molecule has 4 heteroatoms. The number of hydrogen-bond donors (Lipinski definition) is 0.